The smallest absolute Gasteiger partial charge is 0.0449 e. The predicted octanol–water partition coefficient (Wildman–Crippen LogP) is 1.03. The van der Waals surface area contributed by atoms with Gasteiger partial charge in [-0.2, -0.15) is 0 Å². The van der Waals surface area contributed by atoms with Crippen molar-refractivity contribution in [3.63, 3.8) is 0 Å². The largest absolute Gasteiger partial charge is 0.396 e. The van der Waals surface area contributed by atoms with E-state index in [9.17, 15) is 0 Å². The van der Waals surface area contributed by atoms with Crippen LogP contribution in [0.1, 0.15) is 30.5 Å². The van der Waals surface area contributed by atoms with Gasteiger partial charge in [0.1, 0.15) is 0 Å². The first-order valence-corrected chi connectivity index (χ1v) is 4.58. The van der Waals surface area contributed by atoms with Crippen LogP contribution in [0.15, 0.2) is 18.5 Å². The van der Waals surface area contributed by atoms with Gasteiger partial charge in [-0.3, -0.25) is 4.98 Å². The quantitative estimate of drug-likeness (QED) is 0.727. The molecule has 0 amide bonds. The molecule has 1 unspecified atom stereocenters. The number of rotatable bonds is 4. The minimum Gasteiger partial charge on any atom is -0.396 e. The molecule has 3 N–H and O–H groups in total. The third-order valence-corrected chi connectivity index (χ3v) is 2.09. The molecule has 0 bridgehead atoms. The monoisotopic (exact) mass is 180 g/mol. The van der Waals surface area contributed by atoms with Crippen molar-refractivity contribution in [3.8, 4) is 0 Å². The molecule has 0 saturated heterocycles. The molecule has 72 valence electrons. The summed E-state index contributed by atoms with van der Waals surface area (Å²) in [5, 5.41) is 8.72. The Morgan fingerprint density at radius 3 is 2.92 bits per heavy atom. The standard InChI is InChI=1S/C10H16N2O/c1-2-8-5-9(7-12-6-8)10(11)3-4-13/h5-7,10,13H,2-4,11H2,1H3. The van der Waals surface area contributed by atoms with Crippen molar-refractivity contribution in [1.29, 1.82) is 0 Å². The summed E-state index contributed by atoms with van der Waals surface area (Å²) in [6.45, 7) is 2.20. The van der Waals surface area contributed by atoms with Crippen LogP contribution in [-0.2, 0) is 6.42 Å². The van der Waals surface area contributed by atoms with Crippen LogP contribution in [0.25, 0.3) is 0 Å². The maximum atomic E-state index is 8.72. The average molecular weight is 180 g/mol. The van der Waals surface area contributed by atoms with Gasteiger partial charge in [-0.05, 0) is 24.0 Å². The number of aryl methyl sites for hydroxylation is 1. The Morgan fingerprint density at radius 2 is 2.31 bits per heavy atom. The topological polar surface area (TPSA) is 59.1 Å². The Bertz CT molecular complexity index is 263. The van der Waals surface area contributed by atoms with Crippen molar-refractivity contribution in [1.82, 2.24) is 4.98 Å². The summed E-state index contributed by atoms with van der Waals surface area (Å²) < 4.78 is 0. The number of aromatic nitrogens is 1. The Morgan fingerprint density at radius 1 is 1.54 bits per heavy atom. The maximum absolute atomic E-state index is 8.72. The van der Waals surface area contributed by atoms with Crippen molar-refractivity contribution in [3.05, 3.63) is 29.6 Å². The average Bonchev–Trinajstić information content (AvgIpc) is 2.18. The van der Waals surface area contributed by atoms with E-state index in [0.717, 1.165) is 12.0 Å². The highest BCUT2D eigenvalue weighted by Gasteiger charge is 2.05. The molecule has 13 heavy (non-hydrogen) atoms. The van der Waals surface area contributed by atoms with Crippen LogP contribution in [0.2, 0.25) is 0 Å². The fraction of sp³-hybridized carbons (Fsp3) is 0.500. The van der Waals surface area contributed by atoms with Crippen molar-refractivity contribution in [2.45, 2.75) is 25.8 Å². The minimum absolute atomic E-state index is 0.0935. The summed E-state index contributed by atoms with van der Waals surface area (Å²) in [4.78, 5) is 4.10. The zero-order valence-corrected chi connectivity index (χ0v) is 7.90. The predicted molar refractivity (Wildman–Crippen MR) is 52.2 cm³/mol. The van der Waals surface area contributed by atoms with Gasteiger partial charge in [0.2, 0.25) is 0 Å². The van der Waals surface area contributed by atoms with Crippen LogP contribution < -0.4 is 5.73 Å². The van der Waals surface area contributed by atoms with E-state index in [4.69, 9.17) is 10.8 Å². The highest BCUT2D eigenvalue weighted by Crippen LogP contribution is 2.13. The molecule has 1 rings (SSSR count). The highest BCUT2D eigenvalue weighted by atomic mass is 16.3. The highest BCUT2D eigenvalue weighted by molar-refractivity contribution is 5.20. The number of aliphatic hydroxyl groups is 1. The number of pyridine rings is 1. The van der Waals surface area contributed by atoms with Crippen molar-refractivity contribution >= 4 is 0 Å². The summed E-state index contributed by atoms with van der Waals surface area (Å²) >= 11 is 0. The lowest BCUT2D eigenvalue weighted by molar-refractivity contribution is 0.276. The lowest BCUT2D eigenvalue weighted by Gasteiger charge is -2.10. The van der Waals surface area contributed by atoms with Gasteiger partial charge in [-0.25, -0.2) is 0 Å². The number of nitrogens with zero attached hydrogens (tertiary/aromatic N) is 1. The van der Waals surface area contributed by atoms with Gasteiger partial charge in [0.05, 0.1) is 0 Å². The van der Waals surface area contributed by atoms with Gasteiger partial charge in [0.25, 0.3) is 0 Å². The van der Waals surface area contributed by atoms with Crippen molar-refractivity contribution in [2.75, 3.05) is 6.61 Å². The molecule has 0 fully saturated rings. The van der Waals surface area contributed by atoms with Crippen LogP contribution in [0, 0.1) is 0 Å². The molecule has 0 saturated carbocycles. The lowest BCUT2D eigenvalue weighted by atomic mass is 10.0. The van der Waals surface area contributed by atoms with Gasteiger partial charge < -0.3 is 10.8 Å². The molecule has 0 spiro atoms. The minimum atomic E-state index is -0.0935. The molecular formula is C10H16N2O. The van der Waals surface area contributed by atoms with Crippen LogP contribution in [0.5, 0.6) is 0 Å². The number of aliphatic hydroxyl groups excluding tert-OH is 1. The molecule has 0 aliphatic heterocycles. The number of hydrogen-bond acceptors (Lipinski definition) is 3. The Balaban J connectivity index is 2.75. The molecule has 1 heterocycles. The van der Waals surface area contributed by atoms with E-state index < -0.39 is 0 Å². The fourth-order valence-electron chi connectivity index (χ4n) is 1.21. The first-order chi connectivity index (χ1) is 6.27. The number of nitrogens with two attached hydrogens (primary N) is 1. The van der Waals surface area contributed by atoms with E-state index in [1.165, 1.54) is 5.56 Å². The first-order valence-electron chi connectivity index (χ1n) is 4.58. The normalized spacial score (nSPS) is 12.8. The van der Waals surface area contributed by atoms with Gasteiger partial charge in [0, 0.05) is 25.0 Å². The Kier molecular flexibility index (Phi) is 3.86. The van der Waals surface area contributed by atoms with Crippen molar-refractivity contribution < 1.29 is 5.11 Å². The van der Waals surface area contributed by atoms with Gasteiger partial charge in [-0.15, -0.1) is 0 Å². The lowest BCUT2D eigenvalue weighted by Crippen LogP contribution is -2.12. The SMILES string of the molecule is CCc1cncc(C(N)CCO)c1. The summed E-state index contributed by atoms with van der Waals surface area (Å²) in [5.74, 6) is 0. The van der Waals surface area contributed by atoms with E-state index >= 15 is 0 Å². The molecule has 1 atom stereocenters. The summed E-state index contributed by atoms with van der Waals surface area (Å²) in [6, 6.07) is 1.96. The second-order valence-corrected chi connectivity index (χ2v) is 3.10. The Hall–Kier alpha value is -0.930. The molecule has 1 aromatic heterocycles. The molecule has 3 heteroatoms. The van der Waals surface area contributed by atoms with Crippen LogP contribution in [0.4, 0.5) is 0 Å². The second kappa shape index (κ2) is 4.94. The van der Waals surface area contributed by atoms with E-state index in [-0.39, 0.29) is 12.6 Å². The molecule has 0 aromatic carbocycles. The molecule has 1 aromatic rings. The molecule has 0 aliphatic carbocycles. The first kappa shape index (κ1) is 10.2. The van der Waals surface area contributed by atoms with E-state index in [2.05, 4.69) is 11.9 Å². The fourth-order valence-corrected chi connectivity index (χ4v) is 1.21. The second-order valence-electron chi connectivity index (χ2n) is 3.10. The Labute approximate surface area is 78.6 Å². The third-order valence-electron chi connectivity index (χ3n) is 2.09. The van der Waals surface area contributed by atoms with Gasteiger partial charge in [-0.1, -0.05) is 13.0 Å². The van der Waals surface area contributed by atoms with E-state index in [1.54, 1.807) is 6.20 Å². The van der Waals surface area contributed by atoms with Crippen LogP contribution in [-0.4, -0.2) is 16.7 Å². The summed E-state index contributed by atoms with van der Waals surface area (Å²) in [6.07, 6.45) is 5.16. The molecule has 0 radical (unpaired) electrons. The van der Waals surface area contributed by atoms with Crippen LogP contribution in [0.3, 0.4) is 0 Å². The third kappa shape index (κ3) is 2.79. The van der Waals surface area contributed by atoms with Crippen LogP contribution >= 0.6 is 0 Å². The maximum Gasteiger partial charge on any atom is 0.0449 e. The van der Waals surface area contributed by atoms with Crippen molar-refractivity contribution in [2.24, 2.45) is 5.73 Å². The van der Waals surface area contributed by atoms with Gasteiger partial charge in [0.15, 0.2) is 0 Å². The van der Waals surface area contributed by atoms with Gasteiger partial charge >= 0.3 is 0 Å². The molecular weight excluding hydrogens is 164 g/mol. The zero-order valence-electron chi connectivity index (χ0n) is 7.90. The molecule has 3 nitrogen and oxygen atoms in total. The summed E-state index contributed by atoms with van der Waals surface area (Å²) in [7, 11) is 0. The van der Waals surface area contributed by atoms with E-state index in [1.807, 2.05) is 12.3 Å². The molecule has 0 aliphatic rings. The van der Waals surface area contributed by atoms with E-state index in [0.29, 0.717) is 6.42 Å². The zero-order chi connectivity index (χ0) is 9.68. The number of hydrogen-bond donors (Lipinski definition) is 2. The summed E-state index contributed by atoms with van der Waals surface area (Å²) in [5.41, 5.74) is 8.02.